The summed E-state index contributed by atoms with van der Waals surface area (Å²) in [6.07, 6.45) is 1.48. The Labute approximate surface area is 151 Å². The predicted octanol–water partition coefficient (Wildman–Crippen LogP) is 2.41. The van der Waals surface area contributed by atoms with E-state index in [1.165, 1.54) is 18.5 Å². The smallest absolute Gasteiger partial charge is 0.238 e. The third kappa shape index (κ3) is 4.16. The van der Waals surface area contributed by atoms with E-state index in [-0.39, 0.29) is 4.90 Å². The third-order valence-electron chi connectivity index (χ3n) is 3.78. The number of para-hydroxylation sites is 1. The molecule has 0 aliphatic heterocycles. The second-order valence-corrected chi connectivity index (χ2v) is 7.09. The minimum absolute atomic E-state index is 0.0849. The quantitative estimate of drug-likeness (QED) is 0.690. The number of nitrogens with two attached hydrogens (primary N) is 1. The first kappa shape index (κ1) is 17.8. The van der Waals surface area contributed by atoms with Crippen LogP contribution in [0, 0.1) is 0 Å². The Hall–Kier alpha value is -2.97. The highest BCUT2D eigenvalue weighted by molar-refractivity contribution is 7.89. The van der Waals surface area contributed by atoms with Gasteiger partial charge in [-0.1, -0.05) is 24.3 Å². The van der Waals surface area contributed by atoms with Crippen molar-refractivity contribution in [3.63, 3.8) is 0 Å². The second-order valence-electron chi connectivity index (χ2n) is 5.53. The number of hydrogen-bond acceptors (Lipinski definition) is 6. The molecule has 0 spiro atoms. The van der Waals surface area contributed by atoms with Crippen molar-refractivity contribution in [3.05, 3.63) is 66.5 Å². The van der Waals surface area contributed by atoms with Gasteiger partial charge >= 0.3 is 0 Å². The van der Waals surface area contributed by atoms with Gasteiger partial charge in [-0.3, -0.25) is 0 Å². The number of nitrogens with one attached hydrogen (secondary N) is 1. The molecule has 8 heteroatoms. The summed E-state index contributed by atoms with van der Waals surface area (Å²) in [5.41, 5.74) is 2.51. The minimum atomic E-state index is -3.68. The molecule has 26 heavy (non-hydrogen) atoms. The molecule has 3 N–H and O–H groups in total. The lowest BCUT2D eigenvalue weighted by Gasteiger charge is -2.10. The number of aromatic nitrogens is 2. The van der Waals surface area contributed by atoms with Crippen molar-refractivity contribution in [2.24, 2.45) is 5.14 Å². The molecular formula is C18H18N4O3S. The molecule has 0 saturated heterocycles. The average molecular weight is 370 g/mol. The fraction of sp³-hybridized carbons (Fsp3) is 0.111. The Morgan fingerprint density at radius 3 is 2.50 bits per heavy atom. The topological polar surface area (TPSA) is 107 Å². The maximum absolute atomic E-state index is 11.3. The van der Waals surface area contributed by atoms with Crippen molar-refractivity contribution >= 4 is 15.8 Å². The highest BCUT2D eigenvalue weighted by atomic mass is 32.2. The van der Waals surface area contributed by atoms with E-state index in [1.54, 1.807) is 19.2 Å². The van der Waals surface area contributed by atoms with Crippen LogP contribution in [-0.2, 0) is 16.6 Å². The van der Waals surface area contributed by atoms with E-state index >= 15 is 0 Å². The van der Waals surface area contributed by atoms with Gasteiger partial charge in [-0.05, 0) is 29.8 Å². The molecule has 0 radical (unpaired) electrons. The Bertz CT molecular complexity index is 1000. The van der Waals surface area contributed by atoms with Gasteiger partial charge in [0.1, 0.15) is 17.9 Å². The standard InChI is InChI=1S/C18H18N4O3S/c1-25-17-5-3-2-4-15(17)16-10-18(22-12-21-16)20-11-13-6-8-14(9-7-13)26(19,23)24/h2-10,12H,11H2,1H3,(H2,19,23,24)(H,20,21,22). The van der Waals surface area contributed by atoms with Gasteiger partial charge in [0.25, 0.3) is 0 Å². The lowest BCUT2D eigenvalue weighted by Crippen LogP contribution is -2.12. The summed E-state index contributed by atoms with van der Waals surface area (Å²) in [5.74, 6) is 1.38. The van der Waals surface area contributed by atoms with Gasteiger partial charge in [-0.15, -0.1) is 0 Å². The van der Waals surface area contributed by atoms with Crippen molar-refractivity contribution in [1.29, 1.82) is 0 Å². The van der Waals surface area contributed by atoms with Crippen LogP contribution in [0.15, 0.2) is 65.8 Å². The average Bonchev–Trinajstić information content (AvgIpc) is 2.66. The van der Waals surface area contributed by atoms with Gasteiger partial charge < -0.3 is 10.1 Å². The SMILES string of the molecule is COc1ccccc1-c1cc(NCc2ccc(S(N)(=O)=O)cc2)ncn1. The molecule has 0 aliphatic carbocycles. The van der Waals surface area contributed by atoms with Crippen molar-refractivity contribution in [1.82, 2.24) is 9.97 Å². The van der Waals surface area contributed by atoms with Crippen LogP contribution in [0.2, 0.25) is 0 Å². The molecule has 3 aromatic rings. The summed E-state index contributed by atoms with van der Waals surface area (Å²) >= 11 is 0. The summed E-state index contributed by atoms with van der Waals surface area (Å²) in [6.45, 7) is 0.479. The van der Waals surface area contributed by atoms with Gasteiger partial charge in [-0.2, -0.15) is 0 Å². The van der Waals surface area contributed by atoms with E-state index in [0.717, 1.165) is 22.6 Å². The maximum atomic E-state index is 11.3. The number of nitrogens with zero attached hydrogens (tertiary/aromatic N) is 2. The van der Waals surface area contributed by atoms with Crippen molar-refractivity contribution in [3.8, 4) is 17.0 Å². The summed E-state index contributed by atoms with van der Waals surface area (Å²) in [7, 11) is -2.07. The van der Waals surface area contributed by atoms with Gasteiger partial charge in [0.15, 0.2) is 0 Å². The fourth-order valence-corrected chi connectivity index (χ4v) is 2.96. The van der Waals surface area contributed by atoms with Gasteiger partial charge in [0.05, 0.1) is 17.7 Å². The highest BCUT2D eigenvalue weighted by Gasteiger charge is 2.09. The summed E-state index contributed by atoms with van der Waals surface area (Å²) in [6, 6.07) is 15.8. The molecule has 7 nitrogen and oxygen atoms in total. The second kappa shape index (κ2) is 7.51. The first-order chi connectivity index (χ1) is 12.5. The molecule has 0 bridgehead atoms. The number of sulfonamides is 1. The van der Waals surface area contributed by atoms with Crippen molar-refractivity contribution in [2.45, 2.75) is 11.4 Å². The lowest BCUT2D eigenvalue weighted by atomic mass is 10.1. The number of rotatable bonds is 6. The molecule has 2 aromatic carbocycles. The molecule has 0 amide bonds. The van der Waals surface area contributed by atoms with Gasteiger partial charge in [-0.25, -0.2) is 23.5 Å². The Balaban J connectivity index is 1.75. The van der Waals surface area contributed by atoms with E-state index in [9.17, 15) is 8.42 Å². The Kier molecular flexibility index (Phi) is 5.15. The van der Waals surface area contributed by atoms with Crippen LogP contribution in [0.5, 0.6) is 5.75 Å². The summed E-state index contributed by atoms with van der Waals surface area (Å²) in [5, 5.41) is 8.29. The van der Waals surface area contributed by atoms with Crippen LogP contribution in [0.3, 0.4) is 0 Å². The largest absolute Gasteiger partial charge is 0.496 e. The van der Waals surface area contributed by atoms with Gasteiger partial charge in [0.2, 0.25) is 10.0 Å². The van der Waals surface area contributed by atoms with Gasteiger partial charge in [0, 0.05) is 18.2 Å². The summed E-state index contributed by atoms with van der Waals surface area (Å²) < 4.78 is 27.9. The van der Waals surface area contributed by atoms with Crippen LogP contribution < -0.4 is 15.2 Å². The molecule has 0 saturated carbocycles. The van der Waals surface area contributed by atoms with E-state index in [0.29, 0.717) is 12.4 Å². The molecule has 1 heterocycles. The Morgan fingerprint density at radius 1 is 1.08 bits per heavy atom. The van der Waals surface area contributed by atoms with E-state index in [1.807, 2.05) is 30.3 Å². The number of benzene rings is 2. The first-order valence-corrected chi connectivity index (χ1v) is 9.33. The molecule has 1 aromatic heterocycles. The molecular weight excluding hydrogens is 352 g/mol. The molecule has 134 valence electrons. The zero-order chi connectivity index (χ0) is 18.6. The van der Waals surface area contributed by atoms with Crippen LogP contribution >= 0.6 is 0 Å². The van der Waals surface area contributed by atoms with Crippen LogP contribution in [0.1, 0.15) is 5.56 Å². The number of primary sulfonamides is 1. The molecule has 0 atom stereocenters. The number of methoxy groups -OCH3 is 1. The maximum Gasteiger partial charge on any atom is 0.238 e. The number of anilines is 1. The van der Waals surface area contributed by atoms with Crippen LogP contribution in [-0.4, -0.2) is 25.5 Å². The Morgan fingerprint density at radius 2 is 1.81 bits per heavy atom. The predicted molar refractivity (Wildman–Crippen MR) is 99.2 cm³/mol. The van der Waals surface area contributed by atoms with Crippen molar-refractivity contribution in [2.75, 3.05) is 12.4 Å². The van der Waals surface area contributed by atoms with Crippen molar-refractivity contribution < 1.29 is 13.2 Å². The van der Waals surface area contributed by atoms with Crippen LogP contribution in [0.25, 0.3) is 11.3 Å². The van der Waals surface area contributed by atoms with E-state index < -0.39 is 10.0 Å². The zero-order valence-electron chi connectivity index (χ0n) is 14.1. The number of hydrogen-bond donors (Lipinski definition) is 2. The van der Waals surface area contributed by atoms with E-state index in [4.69, 9.17) is 9.88 Å². The third-order valence-corrected chi connectivity index (χ3v) is 4.70. The minimum Gasteiger partial charge on any atom is -0.496 e. The molecule has 0 fully saturated rings. The molecule has 0 unspecified atom stereocenters. The van der Waals surface area contributed by atoms with E-state index in [2.05, 4.69) is 15.3 Å². The normalized spacial score (nSPS) is 11.2. The first-order valence-electron chi connectivity index (χ1n) is 7.78. The highest BCUT2D eigenvalue weighted by Crippen LogP contribution is 2.28. The monoisotopic (exact) mass is 370 g/mol. The van der Waals surface area contributed by atoms with Crippen LogP contribution in [0.4, 0.5) is 5.82 Å². The molecule has 3 rings (SSSR count). The zero-order valence-corrected chi connectivity index (χ0v) is 14.9. The lowest BCUT2D eigenvalue weighted by molar-refractivity contribution is 0.416. The molecule has 0 aliphatic rings. The number of ether oxygens (including phenoxy) is 1. The summed E-state index contributed by atoms with van der Waals surface area (Å²) in [4.78, 5) is 8.60. The fourth-order valence-electron chi connectivity index (χ4n) is 2.45.